The average Bonchev–Trinajstić information content (AvgIpc) is 3.11. The molecule has 1 unspecified atom stereocenters. The minimum absolute atomic E-state index is 0.203. The quantitative estimate of drug-likeness (QED) is 0.729. The normalized spacial score (nSPS) is 18.3. The first-order valence-electron chi connectivity index (χ1n) is 9.43. The van der Waals surface area contributed by atoms with Gasteiger partial charge in [-0.2, -0.15) is 0 Å². The van der Waals surface area contributed by atoms with Gasteiger partial charge in [0, 0.05) is 24.7 Å². The largest absolute Gasteiger partial charge is 0.494 e. The molecular weight excluding hydrogens is 358 g/mol. The molecule has 2 aromatic carbocycles. The van der Waals surface area contributed by atoms with Crippen LogP contribution in [0.2, 0.25) is 0 Å². The zero-order valence-electron chi connectivity index (χ0n) is 16.2. The highest BCUT2D eigenvalue weighted by Gasteiger charge is 2.36. The van der Waals surface area contributed by atoms with E-state index in [1.807, 2.05) is 6.07 Å². The number of rotatable bonds is 3. The Kier molecular flexibility index (Phi) is 3.87. The average molecular weight is 381 g/mol. The van der Waals surface area contributed by atoms with E-state index >= 15 is 0 Å². The highest BCUT2D eigenvalue weighted by molar-refractivity contribution is 5.86. The molecule has 3 heterocycles. The van der Waals surface area contributed by atoms with Gasteiger partial charge in [0.15, 0.2) is 11.5 Å². The molecule has 3 aromatic rings. The fourth-order valence-electron chi connectivity index (χ4n) is 4.82. The Hall–Kier alpha value is -2.93. The van der Waals surface area contributed by atoms with E-state index in [4.69, 9.17) is 14.2 Å². The molecule has 0 saturated carbocycles. The number of hydrogen-bond donors (Lipinski definition) is 2. The number of fused-ring (bicyclic) bond motifs is 6. The highest BCUT2D eigenvalue weighted by atomic mass is 16.5. The summed E-state index contributed by atoms with van der Waals surface area (Å²) in [5.41, 5.74) is 6.28. The van der Waals surface area contributed by atoms with Crippen molar-refractivity contribution in [1.82, 2.24) is 14.9 Å². The standard InChI is InChI=1S/C21H23N3O4/c1-26-15-5-4-11-8-14-17-12(6-7-24(14)10-13(11)20(15)28-3)9-16(27-2)18-19(17)23-21(25)22-18/h4-5,9,14H,6-8,10H2,1-3H3,(H2,22,23,25). The number of imidazole rings is 1. The number of nitrogens with zero attached hydrogens (tertiary/aromatic N) is 1. The lowest BCUT2D eigenvalue weighted by molar-refractivity contribution is 0.159. The number of hydrogen-bond acceptors (Lipinski definition) is 5. The molecule has 0 aliphatic carbocycles. The monoisotopic (exact) mass is 381 g/mol. The minimum atomic E-state index is -0.207. The van der Waals surface area contributed by atoms with Crippen LogP contribution in [0.3, 0.4) is 0 Å². The van der Waals surface area contributed by atoms with Gasteiger partial charge < -0.3 is 24.2 Å². The number of H-pyrrole nitrogens is 2. The Morgan fingerprint density at radius 1 is 1.00 bits per heavy atom. The molecule has 7 nitrogen and oxygen atoms in total. The molecule has 0 amide bonds. The summed E-state index contributed by atoms with van der Waals surface area (Å²) in [5, 5.41) is 0. The van der Waals surface area contributed by atoms with Gasteiger partial charge in [-0.15, -0.1) is 0 Å². The molecule has 2 aliphatic heterocycles. The van der Waals surface area contributed by atoms with Crippen molar-refractivity contribution in [2.45, 2.75) is 25.4 Å². The van der Waals surface area contributed by atoms with Crippen LogP contribution in [0.1, 0.15) is 28.3 Å². The number of aromatic nitrogens is 2. The van der Waals surface area contributed by atoms with Crippen LogP contribution < -0.4 is 19.9 Å². The van der Waals surface area contributed by atoms with Crippen molar-refractivity contribution in [3.8, 4) is 17.2 Å². The fourth-order valence-corrected chi connectivity index (χ4v) is 4.82. The van der Waals surface area contributed by atoms with Gasteiger partial charge in [0.25, 0.3) is 0 Å². The summed E-state index contributed by atoms with van der Waals surface area (Å²) in [5.74, 6) is 2.29. The van der Waals surface area contributed by atoms with Gasteiger partial charge in [0.05, 0.1) is 26.8 Å². The second kappa shape index (κ2) is 6.31. The molecule has 1 aromatic heterocycles. The van der Waals surface area contributed by atoms with Gasteiger partial charge in [-0.3, -0.25) is 4.90 Å². The molecule has 7 heteroatoms. The summed E-state index contributed by atoms with van der Waals surface area (Å²) in [6, 6.07) is 6.37. The molecule has 146 valence electrons. The Morgan fingerprint density at radius 2 is 1.79 bits per heavy atom. The summed E-state index contributed by atoms with van der Waals surface area (Å²) in [7, 11) is 4.99. The molecule has 2 N–H and O–H groups in total. The second-order valence-electron chi connectivity index (χ2n) is 7.36. The Labute approximate surface area is 162 Å². The third kappa shape index (κ3) is 2.36. The van der Waals surface area contributed by atoms with Crippen LogP contribution in [-0.2, 0) is 19.4 Å². The maximum Gasteiger partial charge on any atom is 0.323 e. The van der Waals surface area contributed by atoms with Crippen LogP contribution >= 0.6 is 0 Å². The maximum absolute atomic E-state index is 12.0. The van der Waals surface area contributed by atoms with Crippen LogP contribution in [0.4, 0.5) is 0 Å². The zero-order chi connectivity index (χ0) is 19.4. The van der Waals surface area contributed by atoms with Gasteiger partial charge >= 0.3 is 5.69 Å². The first-order valence-corrected chi connectivity index (χ1v) is 9.43. The minimum Gasteiger partial charge on any atom is -0.494 e. The van der Waals surface area contributed by atoms with Gasteiger partial charge in [0.1, 0.15) is 11.3 Å². The SMILES string of the molecule is COc1ccc2c(c1OC)CN1CCc3cc(OC)c4[nH]c(=O)[nH]c4c3C1C2. The van der Waals surface area contributed by atoms with E-state index in [0.717, 1.165) is 48.5 Å². The predicted octanol–water partition coefficient (Wildman–Crippen LogP) is 2.54. The van der Waals surface area contributed by atoms with Gasteiger partial charge in [-0.25, -0.2) is 4.79 Å². The van der Waals surface area contributed by atoms with Gasteiger partial charge in [0.2, 0.25) is 0 Å². The molecule has 0 saturated heterocycles. The lowest BCUT2D eigenvalue weighted by atomic mass is 9.83. The summed E-state index contributed by atoms with van der Waals surface area (Å²) in [6.45, 7) is 1.74. The summed E-state index contributed by atoms with van der Waals surface area (Å²) >= 11 is 0. The first-order chi connectivity index (χ1) is 13.6. The van der Waals surface area contributed by atoms with Crippen molar-refractivity contribution in [2.75, 3.05) is 27.9 Å². The van der Waals surface area contributed by atoms with Crippen molar-refractivity contribution in [3.05, 3.63) is 50.9 Å². The van der Waals surface area contributed by atoms with Crippen molar-refractivity contribution < 1.29 is 14.2 Å². The van der Waals surface area contributed by atoms with Crippen molar-refractivity contribution in [3.63, 3.8) is 0 Å². The molecule has 5 rings (SSSR count). The van der Waals surface area contributed by atoms with Crippen LogP contribution in [0.15, 0.2) is 23.0 Å². The summed E-state index contributed by atoms with van der Waals surface area (Å²) in [6.07, 6.45) is 1.77. The maximum atomic E-state index is 12.0. The van der Waals surface area contributed by atoms with E-state index < -0.39 is 0 Å². The Balaban J connectivity index is 1.68. The van der Waals surface area contributed by atoms with Crippen LogP contribution in [0, 0.1) is 0 Å². The highest BCUT2D eigenvalue weighted by Crippen LogP contribution is 2.46. The van der Waals surface area contributed by atoms with Gasteiger partial charge in [-0.05, 0) is 41.7 Å². The van der Waals surface area contributed by atoms with E-state index in [1.54, 1.807) is 21.3 Å². The van der Waals surface area contributed by atoms with Crippen molar-refractivity contribution in [2.24, 2.45) is 0 Å². The predicted molar refractivity (Wildman–Crippen MR) is 106 cm³/mol. The number of methoxy groups -OCH3 is 3. The summed E-state index contributed by atoms with van der Waals surface area (Å²) < 4.78 is 16.7. The van der Waals surface area contributed by atoms with Gasteiger partial charge in [-0.1, -0.05) is 6.07 Å². The zero-order valence-corrected chi connectivity index (χ0v) is 16.2. The number of nitrogens with one attached hydrogen (secondary N) is 2. The van der Waals surface area contributed by atoms with Crippen LogP contribution in [0.5, 0.6) is 17.2 Å². The first kappa shape index (κ1) is 17.2. The lowest BCUT2D eigenvalue weighted by Gasteiger charge is -2.42. The van der Waals surface area contributed by atoms with E-state index in [9.17, 15) is 4.79 Å². The fraction of sp³-hybridized carbons (Fsp3) is 0.381. The number of ether oxygens (including phenoxy) is 3. The van der Waals surface area contributed by atoms with Crippen LogP contribution in [-0.4, -0.2) is 42.7 Å². The van der Waals surface area contributed by atoms with E-state index in [-0.39, 0.29) is 11.7 Å². The van der Waals surface area contributed by atoms with Crippen molar-refractivity contribution in [1.29, 1.82) is 0 Å². The lowest BCUT2D eigenvalue weighted by Crippen LogP contribution is -2.39. The molecule has 28 heavy (non-hydrogen) atoms. The molecule has 2 aliphatic rings. The van der Waals surface area contributed by atoms with Crippen molar-refractivity contribution >= 4 is 11.0 Å². The third-order valence-corrected chi connectivity index (χ3v) is 6.08. The summed E-state index contributed by atoms with van der Waals surface area (Å²) in [4.78, 5) is 20.4. The molecule has 0 radical (unpaired) electrons. The Bertz CT molecular complexity index is 1130. The number of benzene rings is 2. The molecular formula is C21H23N3O4. The molecule has 0 bridgehead atoms. The van der Waals surface area contributed by atoms with E-state index in [1.165, 1.54) is 22.3 Å². The van der Waals surface area contributed by atoms with E-state index in [2.05, 4.69) is 27.0 Å². The molecule has 1 atom stereocenters. The Morgan fingerprint density at radius 3 is 2.54 bits per heavy atom. The molecule has 0 fully saturated rings. The third-order valence-electron chi connectivity index (χ3n) is 6.08. The molecule has 0 spiro atoms. The van der Waals surface area contributed by atoms with E-state index in [0.29, 0.717) is 5.75 Å². The van der Waals surface area contributed by atoms with Crippen LogP contribution in [0.25, 0.3) is 11.0 Å². The second-order valence-corrected chi connectivity index (χ2v) is 7.36. The topological polar surface area (TPSA) is 79.6 Å². The smallest absolute Gasteiger partial charge is 0.323 e. The number of aromatic amines is 2.